The van der Waals surface area contributed by atoms with Crippen LogP contribution in [0.1, 0.15) is 18.4 Å². The Hall–Kier alpha value is -3.00. The number of aromatic nitrogens is 3. The first kappa shape index (κ1) is 20.3. The number of ether oxygens (including phenoxy) is 2. The molecule has 1 saturated heterocycles. The fourth-order valence-corrected chi connectivity index (χ4v) is 3.99. The smallest absolute Gasteiger partial charge is 0.231 e. The van der Waals surface area contributed by atoms with Crippen molar-refractivity contribution in [2.45, 2.75) is 19.4 Å². The number of hydrogen-bond acceptors (Lipinski definition) is 6. The van der Waals surface area contributed by atoms with E-state index in [1.54, 1.807) is 20.3 Å². The molecule has 0 aliphatic carbocycles. The lowest BCUT2D eigenvalue weighted by atomic mass is 9.97. The maximum atomic E-state index is 12.9. The van der Waals surface area contributed by atoms with Gasteiger partial charge < -0.3 is 19.7 Å². The number of carbonyl (C=O) groups is 1. The Labute approximate surface area is 179 Å². The van der Waals surface area contributed by atoms with E-state index in [1.807, 2.05) is 34.9 Å². The van der Waals surface area contributed by atoms with E-state index < -0.39 is 0 Å². The lowest BCUT2D eigenvalue weighted by Gasteiger charge is -2.32. The van der Waals surface area contributed by atoms with Gasteiger partial charge in [0, 0.05) is 37.5 Å². The number of nitrogens with zero attached hydrogens (tertiary/aromatic N) is 4. The molecule has 1 N–H and O–H groups in total. The van der Waals surface area contributed by atoms with E-state index in [-0.39, 0.29) is 11.8 Å². The summed E-state index contributed by atoms with van der Waals surface area (Å²) in [5.74, 6) is 2.00. The average molecular weight is 430 g/mol. The van der Waals surface area contributed by atoms with Gasteiger partial charge in [0.25, 0.3) is 0 Å². The van der Waals surface area contributed by atoms with Crippen LogP contribution < -0.4 is 19.7 Å². The van der Waals surface area contributed by atoms with Gasteiger partial charge in [-0.05, 0) is 37.1 Å². The number of methoxy groups -OCH3 is 2. The molecule has 1 atom stereocenters. The molecule has 8 nitrogen and oxygen atoms in total. The summed E-state index contributed by atoms with van der Waals surface area (Å²) in [4.78, 5) is 15.0. The predicted octanol–water partition coefficient (Wildman–Crippen LogP) is 2.93. The molecule has 3 heterocycles. The minimum atomic E-state index is -0.130. The zero-order valence-electron chi connectivity index (χ0n) is 17.0. The van der Waals surface area contributed by atoms with Crippen molar-refractivity contribution in [1.29, 1.82) is 0 Å². The molecule has 0 unspecified atom stereocenters. The van der Waals surface area contributed by atoms with Crippen LogP contribution in [0.15, 0.2) is 36.5 Å². The highest BCUT2D eigenvalue weighted by Crippen LogP contribution is 2.26. The van der Waals surface area contributed by atoms with Gasteiger partial charge in [0.05, 0.1) is 25.2 Å². The Morgan fingerprint density at radius 2 is 2.13 bits per heavy atom. The molecule has 1 amide bonds. The SMILES string of the molecule is COc1ccc(CNC(=O)[C@@H]2CCCN(c3nnc4c(Cl)cccn34)C2)c(OC)c1. The zero-order valence-corrected chi connectivity index (χ0v) is 17.7. The van der Waals surface area contributed by atoms with E-state index in [2.05, 4.69) is 20.4 Å². The summed E-state index contributed by atoms with van der Waals surface area (Å²) in [6.45, 7) is 1.80. The lowest BCUT2D eigenvalue weighted by molar-refractivity contribution is -0.125. The van der Waals surface area contributed by atoms with Gasteiger partial charge in [0.2, 0.25) is 11.9 Å². The van der Waals surface area contributed by atoms with Crippen molar-refractivity contribution < 1.29 is 14.3 Å². The largest absolute Gasteiger partial charge is 0.497 e. The third kappa shape index (κ3) is 4.00. The minimum Gasteiger partial charge on any atom is -0.497 e. The molecule has 158 valence electrons. The molecular weight excluding hydrogens is 406 g/mol. The van der Waals surface area contributed by atoms with Gasteiger partial charge in [-0.2, -0.15) is 0 Å². The molecule has 3 aromatic rings. The second-order valence-corrected chi connectivity index (χ2v) is 7.64. The fraction of sp³-hybridized carbons (Fsp3) is 0.381. The van der Waals surface area contributed by atoms with E-state index >= 15 is 0 Å². The average Bonchev–Trinajstić information content (AvgIpc) is 3.23. The summed E-state index contributed by atoms with van der Waals surface area (Å²) in [5.41, 5.74) is 1.52. The number of nitrogens with one attached hydrogen (secondary N) is 1. The number of piperidine rings is 1. The van der Waals surface area contributed by atoms with Gasteiger partial charge in [-0.15, -0.1) is 10.2 Å². The molecule has 1 fully saturated rings. The summed E-state index contributed by atoms with van der Waals surface area (Å²) in [5, 5.41) is 12.1. The number of fused-ring (bicyclic) bond motifs is 1. The van der Waals surface area contributed by atoms with Crippen molar-refractivity contribution >= 4 is 29.1 Å². The van der Waals surface area contributed by atoms with Crippen molar-refractivity contribution in [2.24, 2.45) is 5.92 Å². The van der Waals surface area contributed by atoms with Gasteiger partial charge in [-0.3, -0.25) is 9.20 Å². The van der Waals surface area contributed by atoms with Crippen molar-refractivity contribution in [1.82, 2.24) is 19.9 Å². The molecule has 0 saturated carbocycles. The van der Waals surface area contributed by atoms with E-state index in [0.717, 1.165) is 24.9 Å². The van der Waals surface area contributed by atoms with Crippen LogP contribution in [0.5, 0.6) is 11.5 Å². The molecule has 0 bridgehead atoms. The van der Waals surface area contributed by atoms with Crippen LogP contribution in [0.2, 0.25) is 5.02 Å². The second-order valence-electron chi connectivity index (χ2n) is 7.23. The van der Waals surface area contributed by atoms with Crippen LogP contribution in [0, 0.1) is 5.92 Å². The van der Waals surface area contributed by atoms with Crippen LogP contribution in [-0.4, -0.2) is 47.8 Å². The summed E-state index contributed by atoms with van der Waals surface area (Å²) in [6, 6.07) is 9.21. The molecule has 0 spiro atoms. The second kappa shape index (κ2) is 8.79. The molecule has 4 rings (SSSR count). The molecule has 1 aromatic carbocycles. The quantitative estimate of drug-likeness (QED) is 0.648. The lowest BCUT2D eigenvalue weighted by Crippen LogP contribution is -2.43. The molecule has 9 heteroatoms. The fourth-order valence-electron chi connectivity index (χ4n) is 3.78. The molecule has 2 aromatic heterocycles. The first-order valence-corrected chi connectivity index (χ1v) is 10.2. The first-order chi connectivity index (χ1) is 14.6. The number of halogens is 1. The zero-order chi connectivity index (χ0) is 21.1. The van der Waals surface area contributed by atoms with Gasteiger partial charge in [-0.25, -0.2) is 0 Å². The number of carbonyl (C=O) groups excluding carboxylic acids is 1. The first-order valence-electron chi connectivity index (χ1n) is 9.83. The molecular formula is C21H24ClN5O3. The monoisotopic (exact) mass is 429 g/mol. The van der Waals surface area contributed by atoms with Gasteiger partial charge in [0.15, 0.2) is 5.65 Å². The third-order valence-electron chi connectivity index (χ3n) is 5.39. The van der Waals surface area contributed by atoms with E-state index in [0.29, 0.717) is 41.2 Å². The normalized spacial score (nSPS) is 16.5. The van der Waals surface area contributed by atoms with Gasteiger partial charge in [0.1, 0.15) is 11.5 Å². The minimum absolute atomic E-state index is 0.0180. The number of pyridine rings is 1. The number of anilines is 1. The standard InChI is InChI=1S/C21H24ClN5O3/c1-29-16-8-7-14(18(11-16)30-2)12-23-20(28)15-5-3-9-26(13-15)21-25-24-19-17(22)6-4-10-27(19)21/h4,6-8,10-11,15H,3,5,9,12-13H2,1-2H3,(H,23,28)/t15-/m1/s1. The highest BCUT2D eigenvalue weighted by molar-refractivity contribution is 6.33. The van der Waals surface area contributed by atoms with Crippen molar-refractivity contribution in [3.8, 4) is 11.5 Å². The van der Waals surface area contributed by atoms with Gasteiger partial charge in [-0.1, -0.05) is 11.6 Å². The van der Waals surface area contributed by atoms with E-state index in [9.17, 15) is 4.79 Å². The Morgan fingerprint density at radius 1 is 1.27 bits per heavy atom. The van der Waals surface area contributed by atoms with Crippen LogP contribution in [-0.2, 0) is 11.3 Å². The number of hydrogen-bond donors (Lipinski definition) is 1. The molecule has 0 radical (unpaired) electrons. The number of benzene rings is 1. The van der Waals surface area contributed by atoms with E-state index in [1.165, 1.54) is 0 Å². The number of rotatable bonds is 6. The summed E-state index contributed by atoms with van der Waals surface area (Å²) in [7, 11) is 3.21. The topological polar surface area (TPSA) is 81.0 Å². The highest BCUT2D eigenvalue weighted by Gasteiger charge is 2.28. The van der Waals surface area contributed by atoms with Crippen LogP contribution >= 0.6 is 11.6 Å². The Bertz CT molecular complexity index is 1050. The van der Waals surface area contributed by atoms with Gasteiger partial charge >= 0.3 is 0 Å². The maximum Gasteiger partial charge on any atom is 0.231 e. The van der Waals surface area contributed by atoms with Crippen molar-refractivity contribution in [3.05, 3.63) is 47.1 Å². The summed E-state index contributed by atoms with van der Waals surface area (Å²) >= 11 is 6.21. The highest BCUT2D eigenvalue weighted by atomic mass is 35.5. The van der Waals surface area contributed by atoms with Crippen LogP contribution in [0.4, 0.5) is 5.95 Å². The maximum absolute atomic E-state index is 12.9. The third-order valence-corrected chi connectivity index (χ3v) is 5.69. The van der Waals surface area contributed by atoms with Crippen LogP contribution in [0.3, 0.4) is 0 Å². The Morgan fingerprint density at radius 3 is 2.93 bits per heavy atom. The van der Waals surface area contributed by atoms with E-state index in [4.69, 9.17) is 21.1 Å². The van der Waals surface area contributed by atoms with Crippen LogP contribution in [0.25, 0.3) is 5.65 Å². The summed E-state index contributed by atoms with van der Waals surface area (Å²) in [6.07, 6.45) is 3.62. The molecule has 30 heavy (non-hydrogen) atoms. The van der Waals surface area contributed by atoms with Crippen molar-refractivity contribution in [2.75, 3.05) is 32.2 Å². The predicted molar refractivity (Wildman–Crippen MR) is 114 cm³/mol. The Kier molecular flexibility index (Phi) is 5.94. The van der Waals surface area contributed by atoms with Crippen molar-refractivity contribution in [3.63, 3.8) is 0 Å². The summed E-state index contributed by atoms with van der Waals surface area (Å²) < 4.78 is 12.5. The number of amides is 1. The molecule has 1 aliphatic rings. The molecule has 1 aliphatic heterocycles. The Balaban J connectivity index is 1.43.